The lowest BCUT2D eigenvalue weighted by Gasteiger charge is -2.23. The van der Waals surface area contributed by atoms with Gasteiger partial charge in [-0.3, -0.25) is 9.59 Å². The van der Waals surface area contributed by atoms with E-state index in [2.05, 4.69) is 6.92 Å². The lowest BCUT2D eigenvalue weighted by atomic mass is 10.3. The summed E-state index contributed by atoms with van der Waals surface area (Å²) in [6, 6.07) is 0.0717. The Balaban J connectivity index is 0.000000862. The Kier molecular flexibility index (Phi) is 25.6. The van der Waals surface area contributed by atoms with Crippen molar-refractivity contribution in [1.29, 1.82) is 0 Å². The van der Waals surface area contributed by atoms with Crippen molar-refractivity contribution in [2.75, 3.05) is 94.3 Å². The molecule has 0 aromatic heterocycles. The first kappa shape index (κ1) is 42.8. The Morgan fingerprint density at radius 1 is 0.689 bits per heavy atom. The third kappa shape index (κ3) is 25.6. The molecule has 4 unspecified atom stereocenters. The molecule has 4 atom stereocenters. The Morgan fingerprint density at radius 2 is 1.16 bits per heavy atom. The number of carbonyl (C=O) groups excluding carboxylic acids is 4. The van der Waals surface area contributed by atoms with Gasteiger partial charge in [0.05, 0.1) is 58.3 Å². The van der Waals surface area contributed by atoms with E-state index in [0.717, 1.165) is 18.8 Å². The third-order valence-corrected chi connectivity index (χ3v) is 7.13. The van der Waals surface area contributed by atoms with Crippen LogP contribution in [-0.4, -0.2) is 140 Å². The van der Waals surface area contributed by atoms with Crippen LogP contribution in [0.15, 0.2) is 12.2 Å². The molecule has 0 radical (unpaired) electrons. The number of rotatable bonds is 26. The number of likely N-dealkylation sites (N-methyl/N-ethyl adjacent to an activating group) is 2. The number of ketones is 2. The zero-order valence-corrected chi connectivity index (χ0v) is 29.0. The minimum Gasteiger partial charge on any atom is -0.464 e. The van der Waals surface area contributed by atoms with Gasteiger partial charge in [-0.25, -0.2) is 9.59 Å². The molecule has 1 aliphatic carbocycles. The molecule has 1 fully saturated rings. The van der Waals surface area contributed by atoms with Gasteiger partial charge in [0.15, 0.2) is 0 Å². The SMILES string of the molecule is CC/C=C\COC(=O)COCC(COCCC(C)=O)N(C)C.CCC1CC1COC(=O)COCC(COCCC(C)=O)N(C)C. The topological polar surface area (TPSA) is 130 Å². The quantitative estimate of drug-likeness (QED) is 0.0780. The summed E-state index contributed by atoms with van der Waals surface area (Å²) in [4.78, 5) is 48.7. The minimum atomic E-state index is -0.379. The van der Waals surface area contributed by atoms with Gasteiger partial charge in [-0.15, -0.1) is 0 Å². The summed E-state index contributed by atoms with van der Waals surface area (Å²) in [6.45, 7) is 10.5. The predicted molar refractivity (Wildman–Crippen MR) is 172 cm³/mol. The summed E-state index contributed by atoms with van der Waals surface area (Å²) >= 11 is 0. The standard InChI is InChI=1S/C17H31NO5.C16H29NO5/c1-5-14-8-15(14)9-23-17(20)12-22-11-16(18(3)4)10-21-7-6-13(2)19;1-5-6-7-9-22-16(19)13-21-12-15(17(3)4)11-20-10-8-14(2)18/h14-16H,5-12H2,1-4H3;6-7,15H,5,8-13H2,1-4H3/b;7-6-. The molecule has 0 amide bonds. The first-order valence-corrected chi connectivity index (χ1v) is 16.0. The van der Waals surface area contributed by atoms with Crippen LogP contribution in [0.1, 0.15) is 59.8 Å². The van der Waals surface area contributed by atoms with Gasteiger partial charge in [0, 0.05) is 12.8 Å². The molecular weight excluding hydrogens is 584 g/mol. The number of allylic oxidation sites excluding steroid dienone is 1. The van der Waals surface area contributed by atoms with Crippen molar-refractivity contribution in [3.63, 3.8) is 0 Å². The number of hydrogen-bond acceptors (Lipinski definition) is 12. The zero-order chi connectivity index (χ0) is 34.0. The highest BCUT2D eigenvalue weighted by molar-refractivity contribution is 5.75. The van der Waals surface area contributed by atoms with Crippen molar-refractivity contribution in [2.24, 2.45) is 11.8 Å². The van der Waals surface area contributed by atoms with Gasteiger partial charge in [0.2, 0.25) is 0 Å². The molecule has 0 aromatic carbocycles. The maximum atomic E-state index is 11.6. The number of carbonyl (C=O) groups is 4. The van der Waals surface area contributed by atoms with Crippen molar-refractivity contribution in [3.8, 4) is 0 Å². The first-order valence-electron chi connectivity index (χ1n) is 16.0. The summed E-state index contributed by atoms with van der Waals surface area (Å²) in [7, 11) is 7.68. The maximum Gasteiger partial charge on any atom is 0.332 e. The molecule has 12 nitrogen and oxygen atoms in total. The van der Waals surface area contributed by atoms with Gasteiger partial charge in [0.25, 0.3) is 0 Å². The van der Waals surface area contributed by atoms with Crippen molar-refractivity contribution >= 4 is 23.5 Å². The molecule has 12 heteroatoms. The molecule has 0 aromatic rings. The molecule has 0 saturated heterocycles. The van der Waals surface area contributed by atoms with Crippen LogP contribution >= 0.6 is 0 Å². The van der Waals surface area contributed by atoms with Crippen LogP contribution < -0.4 is 0 Å². The summed E-state index contributed by atoms with van der Waals surface area (Å²) in [5, 5.41) is 0. The summed E-state index contributed by atoms with van der Waals surface area (Å²) < 4.78 is 31.9. The van der Waals surface area contributed by atoms with Gasteiger partial charge in [-0.2, -0.15) is 0 Å². The van der Waals surface area contributed by atoms with E-state index in [4.69, 9.17) is 28.4 Å². The average Bonchev–Trinajstić information content (AvgIpc) is 3.75. The fourth-order valence-corrected chi connectivity index (χ4v) is 3.79. The normalized spacial score (nSPS) is 17.1. The van der Waals surface area contributed by atoms with Crippen molar-refractivity contribution in [2.45, 2.75) is 71.9 Å². The van der Waals surface area contributed by atoms with Crippen LogP contribution in [0.3, 0.4) is 0 Å². The lowest BCUT2D eigenvalue weighted by molar-refractivity contribution is -0.150. The van der Waals surface area contributed by atoms with E-state index >= 15 is 0 Å². The van der Waals surface area contributed by atoms with Crippen LogP contribution in [-0.2, 0) is 47.6 Å². The second-order valence-corrected chi connectivity index (χ2v) is 11.7. The van der Waals surface area contributed by atoms with Crippen molar-refractivity contribution < 1.29 is 47.6 Å². The van der Waals surface area contributed by atoms with Gasteiger partial charge < -0.3 is 38.2 Å². The molecule has 1 aliphatic rings. The molecule has 0 aliphatic heterocycles. The zero-order valence-electron chi connectivity index (χ0n) is 29.0. The minimum absolute atomic E-state index is 0.0265. The summed E-state index contributed by atoms with van der Waals surface area (Å²) in [5.74, 6) is 0.823. The largest absolute Gasteiger partial charge is 0.464 e. The van der Waals surface area contributed by atoms with Gasteiger partial charge in [-0.1, -0.05) is 32.4 Å². The van der Waals surface area contributed by atoms with Crippen LogP contribution in [0, 0.1) is 11.8 Å². The molecule has 0 heterocycles. The van der Waals surface area contributed by atoms with E-state index < -0.39 is 0 Å². The lowest BCUT2D eigenvalue weighted by Crippen LogP contribution is -2.37. The van der Waals surface area contributed by atoms with E-state index in [0.29, 0.717) is 65.0 Å². The van der Waals surface area contributed by atoms with Crippen LogP contribution in [0.4, 0.5) is 0 Å². The Morgan fingerprint density at radius 3 is 1.56 bits per heavy atom. The molecule has 1 saturated carbocycles. The molecule has 0 bridgehead atoms. The van der Waals surface area contributed by atoms with E-state index in [-0.39, 0.29) is 55.4 Å². The molecule has 0 N–H and O–H groups in total. The Labute approximate surface area is 271 Å². The first-order chi connectivity index (χ1) is 21.4. The van der Waals surface area contributed by atoms with Gasteiger partial charge in [0.1, 0.15) is 31.4 Å². The second kappa shape index (κ2) is 26.9. The monoisotopic (exact) mass is 644 g/mol. The molecule has 262 valence electrons. The van der Waals surface area contributed by atoms with Crippen LogP contribution in [0.25, 0.3) is 0 Å². The summed E-state index contributed by atoms with van der Waals surface area (Å²) in [5.41, 5.74) is 0. The number of ether oxygens (including phenoxy) is 6. The van der Waals surface area contributed by atoms with Gasteiger partial charge in [-0.05, 0) is 66.7 Å². The van der Waals surface area contributed by atoms with E-state index in [1.807, 2.05) is 57.1 Å². The number of nitrogens with zero attached hydrogens (tertiary/aromatic N) is 2. The fraction of sp³-hybridized carbons (Fsp3) is 0.818. The van der Waals surface area contributed by atoms with Crippen LogP contribution in [0.5, 0.6) is 0 Å². The Hall–Kier alpha value is -2.22. The molecule has 45 heavy (non-hydrogen) atoms. The average molecular weight is 645 g/mol. The van der Waals surface area contributed by atoms with E-state index in [9.17, 15) is 19.2 Å². The number of esters is 2. The van der Waals surface area contributed by atoms with E-state index in [1.165, 1.54) is 13.3 Å². The molecule has 0 spiro atoms. The van der Waals surface area contributed by atoms with Crippen molar-refractivity contribution in [3.05, 3.63) is 12.2 Å². The van der Waals surface area contributed by atoms with Crippen LogP contribution in [0.2, 0.25) is 0 Å². The maximum absolute atomic E-state index is 11.6. The highest BCUT2D eigenvalue weighted by Crippen LogP contribution is 2.40. The highest BCUT2D eigenvalue weighted by atomic mass is 16.6. The smallest absolute Gasteiger partial charge is 0.332 e. The fourth-order valence-electron chi connectivity index (χ4n) is 3.79. The predicted octanol–water partition coefficient (Wildman–Crippen LogP) is 2.96. The molecule has 1 rings (SSSR count). The Bertz CT molecular complexity index is 849. The van der Waals surface area contributed by atoms with Gasteiger partial charge >= 0.3 is 11.9 Å². The third-order valence-electron chi connectivity index (χ3n) is 7.13. The van der Waals surface area contributed by atoms with E-state index in [1.54, 1.807) is 6.92 Å². The number of Topliss-reactive ketones (excluding diaryl/α,β-unsaturated/α-hetero) is 2. The highest BCUT2D eigenvalue weighted by Gasteiger charge is 2.36. The molecular formula is C33H60N2O10. The summed E-state index contributed by atoms with van der Waals surface area (Å²) in [6.07, 6.45) is 7.84. The number of hydrogen-bond donors (Lipinski definition) is 0. The van der Waals surface area contributed by atoms with Crippen molar-refractivity contribution in [1.82, 2.24) is 9.80 Å². The second-order valence-electron chi connectivity index (χ2n) is 11.7.